The van der Waals surface area contributed by atoms with Crippen molar-refractivity contribution in [3.63, 3.8) is 0 Å². The maximum absolute atomic E-state index is 11.3. The van der Waals surface area contributed by atoms with Gasteiger partial charge in [0.1, 0.15) is 0 Å². The van der Waals surface area contributed by atoms with Gasteiger partial charge in [-0.25, -0.2) is 0 Å². The second-order valence-corrected chi connectivity index (χ2v) is 3.99. The van der Waals surface area contributed by atoms with E-state index in [9.17, 15) is 4.79 Å². The predicted molar refractivity (Wildman–Crippen MR) is 56.9 cm³/mol. The Labute approximate surface area is 90.3 Å². The molecule has 0 radical (unpaired) electrons. The third kappa shape index (κ3) is 5.14. The molecule has 0 rings (SSSR count). The van der Waals surface area contributed by atoms with Gasteiger partial charge in [-0.3, -0.25) is 4.79 Å². The van der Waals surface area contributed by atoms with E-state index in [1.165, 1.54) is 0 Å². The molecule has 0 aromatic heterocycles. The second-order valence-electron chi connectivity index (χ2n) is 2.40. The van der Waals surface area contributed by atoms with Crippen molar-refractivity contribution in [3.8, 4) is 0 Å². The van der Waals surface area contributed by atoms with Crippen LogP contribution in [-0.4, -0.2) is 23.2 Å². The standard InChI is InChI=1S/C8H14Br2O2/c1-2-12-8(11)7(3-5-9)4-6-10/h7H,2-6H2,1H3. The highest BCUT2D eigenvalue weighted by Gasteiger charge is 2.17. The van der Waals surface area contributed by atoms with E-state index in [1.54, 1.807) is 0 Å². The van der Waals surface area contributed by atoms with Gasteiger partial charge in [-0.1, -0.05) is 31.9 Å². The van der Waals surface area contributed by atoms with Gasteiger partial charge in [0.05, 0.1) is 12.5 Å². The second kappa shape index (κ2) is 8.05. The summed E-state index contributed by atoms with van der Waals surface area (Å²) in [5, 5.41) is 1.70. The Morgan fingerprint density at radius 2 is 1.83 bits per heavy atom. The van der Waals surface area contributed by atoms with Gasteiger partial charge < -0.3 is 4.74 Å². The molecule has 0 heterocycles. The normalized spacial score (nSPS) is 10.3. The van der Waals surface area contributed by atoms with E-state index >= 15 is 0 Å². The summed E-state index contributed by atoms with van der Waals surface area (Å²) in [6, 6.07) is 0. The number of rotatable bonds is 6. The fraction of sp³-hybridized carbons (Fsp3) is 0.875. The summed E-state index contributed by atoms with van der Waals surface area (Å²) in [5.41, 5.74) is 0. The predicted octanol–water partition coefficient (Wildman–Crippen LogP) is 2.74. The average Bonchev–Trinajstić information content (AvgIpc) is 2.04. The van der Waals surface area contributed by atoms with Gasteiger partial charge in [-0.05, 0) is 19.8 Å². The van der Waals surface area contributed by atoms with Gasteiger partial charge in [0.25, 0.3) is 0 Å². The molecule has 0 aliphatic heterocycles. The lowest BCUT2D eigenvalue weighted by atomic mass is 10.0. The number of ether oxygens (including phenoxy) is 1. The van der Waals surface area contributed by atoms with Gasteiger partial charge in [0.2, 0.25) is 0 Å². The minimum Gasteiger partial charge on any atom is -0.466 e. The Bertz CT molecular complexity index is 122. The van der Waals surface area contributed by atoms with Crippen LogP contribution in [0.15, 0.2) is 0 Å². The Hall–Kier alpha value is 0.430. The van der Waals surface area contributed by atoms with Crippen LogP contribution in [-0.2, 0) is 9.53 Å². The molecule has 0 fully saturated rings. The van der Waals surface area contributed by atoms with Crippen molar-refractivity contribution in [1.29, 1.82) is 0 Å². The van der Waals surface area contributed by atoms with Crippen molar-refractivity contribution in [2.24, 2.45) is 5.92 Å². The third-order valence-corrected chi connectivity index (χ3v) is 2.45. The SMILES string of the molecule is CCOC(=O)C(CCBr)CCBr. The smallest absolute Gasteiger partial charge is 0.308 e. The summed E-state index contributed by atoms with van der Waals surface area (Å²) < 4.78 is 4.93. The van der Waals surface area contributed by atoms with Gasteiger partial charge in [-0.2, -0.15) is 0 Å². The van der Waals surface area contributed by atoms with Crippen LogP contribution in [0.1, 0.15) is 19.8 Å². The maximum Gasteiger partial charge on any atom is 0.308 e. The number of hydrogen-bond donors (Lipinski definition) is 0. The molecule has 0 saturated heterocycles. The lowest BCUT2D eigenvalue weighted by molar-refractivity contribution is -0.148. The molecular formula is C8H14Br2O2. The van der Waals surface area contributed by atoms with Crippen molar-refractivity contribution >= 4 is 37.8 Å². The number of halogens is 2. The Morgan fingerprint density at radius 3 is 2.17 bits per heavy atom. The minimum absolute atomic E-state index is 0.0451. The van der Waals surface area contributed by atoms with Crippen LogP contribution in [0.5, 0.6) is 0 Å². The highest BCUT2D eigenvalue weighted by molar-refractivity contribution is 9.09. The van der Waals surface area contributed by atoms with Crippen LogP contribution in [0.4, 0.5) is 0 Å². The fourth-order valence-electron chi connectivity index (χ4n) is 0.904. The molecule has 0 unspecified atom stereocenters. The van der Waals surface area contributed by atoms with Gasteiger partial charge >= 0.3 is 5.97 Å². The molecule has 0 atom stereocenters. The van der Waals surface area contributed by atoms with Crippen LogP contribution in [0.2, 0.25) is 0 Å². The lowest BCUT2D eigenvalue weighted by Crippen LogP contribution is -2.18. The molecule has 12 heavy (non-hydrogen) atoms. The third-order valence-electron chi connectivity index (χ3n) is 1.54. The van der Waals surface area contributed by atoms with Crippen LogP contribution in [0.25, 0.3) is 0 Å². The van der Waals surface area contributed by atoms with E-state index < -0.39 is 0 Å². The summed E-state index contributed by atoms with van der Waals surface area (Å²) in [7, 11) is 0. The van der Waals surface area contributed by atoms with E-state index in [0.717, 1.165) is 23.5 Å². The summed E-state index contributed by atoms with van der Waals surface area (Å²) >= 11 is 6.63. The Kier molecular flexibility index (Phi) is 8.34. The van der Waals surface area contributed by atoms with Gasteiger partial charge in [-0.15, -0.1) is 0 Å². The first-order chi connectivity index (χ1) is 5.76. The topological polar surface area (TPSA) is 26.3 Å². The number of hydrogen-bond acceptors (Lipinski definition) is 2. The van der Waals surface area contributed by atoms with Crippen LogP contribution < -0.4 is 0 Å². The zero-order chi connectivity index (χ0) is 9.40. The largest absolute Gasteiger partial charge is 0.466 e. The molecule has 0 amide bonds. The zero-order valence-electron chi connectivity index (χ0n) is 7.19. The minimum atomic E-state index is -0.0728. The quantitative estimate of drug-likeness (QED) is 0.557. The van der Waals surface area contributed by atoms with Crippen molar-refractivity contribution in [1.82, 2.24) is 0 Å². The van der Waals surface area contributed by atoms with Crippen molar-refractivity contribution in [2.45, 2.75) is 19.8 Å². The molecule has 72 valence electrons. The van der Waals surface area contributed by atoms with E-state index in [4.69, 9.17) is 4.74 Å². The maximum atomic E-state index is 11.3. The molecule has 0 bridgehead atoms. The van der Waals surface area contributed by atoms with Crippen molar-refractivity contribution in [3.05, 3.63) is 0 Å². The number of alkyl halides is 2. The van der Waals surface area contributed by atoms with Gasteiger partial charge in [0, 0.05) is 10.7 Å². The average molecular weight is 302 g/mol. The summed E-state index contributed by atoms with van der Waals surface area (Å²) in [5.74, 6) is -0.0277. The lowest BCUT2D eigenvalue weighted by Gasteiger charge is -2.12. The molecule has 0 aliphatic carbocycles. The highest BCUT2D eigenvalue weighted by atomic mass is 79.9. The van der Waals surface area contributed by atoms with Crippen LogP contribution in [0.3, 0.4) is 0 Å². The number of carbonyl (C=O) groups excluding carboxylic acids is 1. The molecule has 0 aliphatic rings. The molecule has 0 spiro atoms. The highest BCUT2D eigenvalue weighted by Crippen LogP contribution is 2.13. The van der Waals surface area contributed by atoms with Crippen LogP contribution in [0, 0.1) is 5.92 Å². The monoisotopic (exact) mass is 300 g/mol. The summed E-state index contributed by atoms with van der Waals surface area (Å²) in [6.45, 7) is 2.30. The van der Waals surface area contributed by atoms with Crippen LogP contribution >= 0.6 is 31.9 Å². The molecule has 4 heteroatoms. The molecule has 0 aromatic carbocycles. The first-order valence-corrected chi connectivity index (χ1v) is 6.29. The van der Waals surface area contributed by atoms with Gasteiger partial charge in [0.15, 0.2) is 0 Å². The van der Waals surface area contributed by atoms with Crippen molar-refractivity contribution < 1.29 is 9.53 Å². The molecule has 0 aromatic rings. The van der Waals surface area contributed by atoms with E-state index in [2.05, 4.69) is 31.9 Å². The summed E-state index contributed by atoms with van der Waals surface area (Å²) in [6.07, 6.45) is 1.70. The first kappa shape index (κ1) is 12.4. The number of esters is 1. The van der Waals surface area contributed by atoms with E-state index in [0.29, 0.717) is 6.61 Å². The molecule has 0 N–H and O–H groups in total. The fourth-order valence-corrected chi connectivity index (χ4v) is 2.01. The Balaban J connectivity index is 3.81. The summed E-state index contributed by atoms with van der Waals surface area (Å²) in [4.78, 5) is 11.3. The molecule has 0 saturated carbocycles. The molecule has 2 nitrogen and oxygen atoms in total. The first-order valence-electron chi connectivity index (χ1n) is 4.04. The van der Waals surface area contributed by atoms with E-state index in [1.807, 2.05) is 6.92 Å². The zero-order valence-corrected chi connectivity index (χ0v) is 10.4. The van der Waals surface area contributed by atoms with E-state index in [-0.39, 0.29) is 11.9 Å². The number of carbonyl (C=O) groups is 1. The molecular weight excluding hydrogens is 288 g/mol. The van der Waals surface area contributed by atoms with Crippen molar-refractivity contribution in [2.75, 3.05) is 17.3 Å². The Morgan fingerprint density at radius 1 is 1.33 bits per heavy atom.